The monoisotopic (exact) mass is 592 g/mol. The van der Waals surface area contributed by atoms with Crippen molar-refractivity contribution < 1.29 is 23.6 Å². The Bertz CT molecular complexity index is 1450. The number of nitrogens with zero attached hydrogens (tertiary/aromatic N) is 5. The fourth-order valence-electron chi connectivity index (χ4n) is 5.04. The van der Waals surface area contributed by atoms with E-state index in [0.29, 0.717) is 18.7 Å². The summed E-state index contributed by atoms with van der Waals surface area (Å²) in [6.45, 7) is 14.5. The second-order valence-electron chi connectivity index (χ2n) is 12.4. The van der Waals surface area contributed by atoms with Crippen molar-refractivity contribution in [1.29, 1.82) is 0 Å². The van der Waals surface area contributed by atoms with Gasteiger partial charge in [-0.15, -0.1) is 0 Å². The Hall–Kier alpha value is -4.12. The molecule has 232 valence electrons. The molecule has 1 aliphatic rings. The van der Waals surface area contributed by atoms with E-state index in [2.05, 4.69) is 22.6 Å². The average molecular weight is 593 g/mol. The number of carbonyl (C=O) groups excluding carboxylic acids is 3. The smallest absolute Gasteiger partial charge is 0.410 e. The molecule has 2 aromatic carbocycles. The first-order chi connectivity index (χ1) is 20.2. The first-order valence-corrected chi connectivity index (χ1v) is 14.7. The molecule has 0 atom stereocenters. The summed E-state index contributed by atoms with van der Waals surface area (Å²) in [5.74, 6) is -0.489. The summed E-state index contributed by atoms with van der Waals surface area (Å²) in [5.41, 5.74) is 4.82. The Kier molecular flexibility index (Phi) is 9.64. The van der Waals surface area contributed by atoms with E-state index in [1.165, 1.54) is 16.0 Å². The molecule has 0 aliphatic carbocycles. The van der Waals surface area contributed by atoms with Crippen LogP contribution in [0.2, 0.25) is 0 Å². The van der Waals surface area contributed by atoms with Crippen LogP contribution < -0.4 is 5.32 Å². The fraction of sp³-hybridized carbons (Fsp3) is 0.500. The highest BCUT2D eigenvalue weighted by Crippen LogP contribution is 2.26. The van der Waals surface area contributed by atoms with Gasteiger partial charge in [-0.05, 0) is 71.2 Å². The topological polar surface area (TPSA) is 111 Å². The summed E-state index contributed by atoms with van der Waals surface area (Å²) in [6, 6.07) is 11.7. The molecular weight excluding hydrogens is 548 g/mol. The minimum absolute atomic E-state index is 0.0419. The van der Waals surface area contributed by atoms with Gasteiger partial charge in [0.1, 0.15) is 12.1 Å². The zero-order valence-electron chi connectivity index (χ0n) is 26.6. The lowest BCUT2D eigenvalue weighted by molar-refractivity contribution is -0.151. The average Bonchev–Trinajstić information content (AvgIpc) is 3.52. The van der Waals surface area contributed by atoms with Crippen LogP contribution in [-0.2, 0) is 27.4 Å². The number of benzene rings is 2. The van der Waals surface area contributed by atoms with Crippen molar-refractivity contribution in [1.82, 2.24) is 25.0 Å². The number of hydrogen-bond donors (Lipinski definition) is 1. The third-order valence-electron chi connectivity index (χ3n) is 7.58. The molecule has 0 saturated carbocycles. The number of rotatable bonds is 10. The number of anilines is 1. The Morgan fingerprint density at radius 1 is 1.05 bits per heavy atom. The van der Waals surface area contributed by atoms with Crippen molar-refractivity contribution in [2.24, 2.45) is 0 Å². The molecule has 11 nitrogen and oxygen atoms in total. The molecule has 1 N–H and O–H groups in total. The van der Waals surface area contributed by atoms with Gasteiger partial charge in [-0.1, -0.05) is 29.4 Å². The number of ether oxygens (including phenoxy) is 1. The molecule has 43 heavy (non-hydrogen) atoms. The summed E-state index contributed by atoms with van der Waals surface area (Å²) in [5, 5.41) is 11.7. The highest BCUT2D eigenvalue weighted by atomic mass is 16.6. The van der Waals surface area contributed by atoms with Crippen molar-refractivity contribution in [3.8, 4) is 0 Å². The van der Waals surface area contributed by atoms with Gasteiger partial charge in [0.2, 0.25) is 5.91 Å². The molecule has 1 aromatic heterocycles. The predicted molar refractivity (Wildman–Crippen MR) is 165 cm³/mol. The summed E-state index contributed by atoms with van der Waals surface area (Å²) >= 11 is 0. The molecule has 0 saturated heterocycles. The Balaban J connectivity index is 1.48. The van der Waals surface area contributed by atoms with Crippen LogP contribution in [-0.4, -0.2) is 87.8 Å². The van der Waals surface area contributed by atoms with E-state index < -0.39 is 11.7 Å². The SMILES string of the molecule is Cc1cc2c(C)noc2cc1NCC(=O)N(CCN(C(=O)OC(C)(C)C)C(C)C)CC(=O)N(C)N1Cc2ccccc2C1. The Morgan fingerprint density at radius 3 is 2.30 bits per heavy atom. The highest BCUT2D eigenvalue weighted by molar-refractivity contribution is 5.88. The van der Waals surface area contributed by atoms with Gasteiger partial charge >= 0.3 is 6.09 Å². The number of likely N-dealkylation sites (N-methyl/N-ethyl adjacent to an activating group) is 1. The van der Waals surface area contributed by atoms with Crippen LogP contribution in [0, 0.1) is 13.8 Å². The van der Waals surface area contributed by atoms with E-state index in [9.17, 15) is 14.4 Å². The Labute approximate surface area is 253 Å². The zero-order chi connectivity index (χ0) is 31.5. The number of aryl methyl sites for hydroxylation is 2. The largest absolute Gasteiger partial charge is 0.444 e. The van der Waals surface area contributed by atoms with Crippen LogP contribution in [0.1, 0.15) is 57.0 Å². The molecule has 0 unspecified atom stereocenters. The minimum Gasteiger partial charge on any atom is -0.444 e. The fourth-order valence-corrected chi connectivity index (χ4v) is 5.04. The van der Waals surface area contributed by atoms with Crippen molar-refractivity contribution in [3.05, 3.63) is 58.8 Å². The van der Waals surface area contributed by atoms with E-state index in [1.807, 2.05) is 77.7 Å². The normalized spacial score (nSPS) is 13.2. The summed E-state index contributed by atoms with van der Waals surface area (Å²) in [4.78, 5) is 43.2. The lowest BCUT2D eigenvalue weighted by Crippen LogP contribution is -2.51. The van der Waals surface area contributed by atoms with Crippen molar-refractivity contribution in [3.63, 3.8) is 0 Å². The van der Waals surface area contributed by atoms with Crippen molar-refractivity contribution in [2.45, 2.75) is 73.2 Å². The summed E-state index contributed by atoms with van der Waals surface area (Å²) in [6.07, 6.45) is -0.461. The molecule has 0 radical (unpaired) electrons. The number of carbonyl (C=O) groups is 3. The van der Waals surface area contributed by atoms with Gasteiger partial charge < -0.3 is 24.4 Å². The maximum atomic E-state index is 13.6. The Morgan fingerprint density at radius 2 is 1.70 bits per heavy atom. The van der Waals surface area contributed by atoms with Crippen molar-refractivity contribution >= 4 is 34.6 Å². The lowest BCUT2D eigenvalue weighted by atomic mass is 10.1. The molecule has 3 aromatic rings. The predicted octanol–water partition coefficient (Wildman–Crippen LogP) is 4.72. The van der Waals surface area contributed by atoms with Gasteiger partial charge in [-0.25, -0.2) is 9.80 Å². The second kappa shape index (κ2) is 13.0. The highest BCUT2D eigenvalue weighted by Gasteiger charge is 2.29. The van der Waals surface area contributed by atoms with Crippen LogP contribution in [0.4, 0.5) is 10.5 Å². The number of hydrazine groups is 1. The van der Waals surface area contributed by atoms with E-state index in [0.717, 1.165) is 22.3 Å². The van der Waals surface area contributed by atoms with Crippen LogP contribution >= 0.6 is 0 Å². The van der Waals surface area contributed by atoms with E-state index in [1.54, 1.807) is 17.0 Å². The maximum Gasteiger partial charge on any atom is 0.410 e. The standard InChI is InChI=1S/C32H44N6O5/c1-21(2)38(31(41)42-32(5,6)7)14-13-36(20-30(40)35(8)37-18-24-11-9-10-12-25(24)19-37)29(39)17-33-27-16-28-26(15-22(27)3)23(4)34-43-28/h9-12,15-16,21,33H,13-14,17-20H2,1-8H3. The van der Waals surface area contributed by atoms with Gasteiger partial charge in [0, 0.05) is 56.4 Å². The van der Waals surface area contributed by atoms with Gasteiger partial charge in [0.05, 0.1) is 12.2 Å². The second-order valence-corrected chi connectivity index (χ2v) is 12.4. The molecule has 3 amide bonds. The molecule has 2 heterocycles. The molecule has 4 rings (SSSR count). The summed E-state index contributed by atoms with van der Waals surface area (Å²) in [7, 11) is 1.73. The molecule has 0 spiro atoms. The third-order valence-corrected chi connectivity index (χ3v) is 7.58. The minimum atomic E-state index is -0.656. The molecule has 0 bridgehead atoms. The molecule has 1 aliphatic heterocycles. The van der Waals surface area contributed by atoms with Crippen LogP contribution in [0.15, 0.2) is 40.9 Å². The number of aromatic nitrogens is 1. The zero-order valence-corrected chi connectivity index (χ0v) is 26.6. The quantitative estimate of drug-likeness (QED) is 0.360. The number of fused-ring (bicyclic) bond motifs is 2. The van der Waals surface area contributed by atoms with Gasteiger partial charge in [0.15, 0.2) is 5.58 Å². The summed E-state index contributed by atoms with van der Waals surface area (Å²) < 4.78 is 11.0. The molecular formula is C32H44N6O5. The maximum absolute atomic E-state index is 13.6. The first-order valence-electron chi connectivity index (χ1n) is 14.7. The van der Waals surface area contributed by atoms with Crippen LogP contribution in [0.3, 0.4) is 0 Å². The molecule has 11 heteroatoms. The van der Waals surface area contributed by atoms with Crippen molar-refractivity contribution in [2.75, 3.05) is 38.5 Å². The third kappa shape index (κ3) is 7.84. The van der Waals surface area contributed by atoms with E-state index >= 15 is 0 Å². The van der Waals surface area contributed by atoms with Gasteiger partial charge in [-0.3, -0.25) is 14.6 Å². The number of amides is 3. The van der Waals surface area contributed by atoms with E-state index in [-0.39, 0.29) is 44.0 Å². The number of nitrogens with one attached hydrogen (secondary N) is 1. The lowest BCUT2D eigenvalue weighted by Gasteiger charge is -2.33. The van der Waals surface area contributed by atoms with Gasteiger partial charge in [-0.2, -0.15) is 0 Å². The van der Waals surface area contributed by atoms with E-state index in [4.69, 9.17) is 9.26 Å². The van der Waals surface area contributed by atoms with Crippen LogP contribution in [0.25, 0.3) is 11.0 Å². The van der Waals surface area contributed by atoms with Gasteiger partial charge in [0.25, 0.3) is 5.91 Å². The molecule has 0 fully saturated rings. The first kappa shape index (κ1) is 31.8. The number of hydrogen-bond acceptors (Lipinski definition) is 8. The van der Waals surface area contributed by atoms with Crippen LogP contribution in [0.5, 0.6) is 0 Å².